The Morgan fingerprint density at radius 1 is 1.14 bits per heavy atom. The molecule has 1 atom stereocenters. The molecule has 10 heteroatoms. The Morgan fingerprint density at radius 3 is 2.49 bits per heavy atom. The van der Waals surface area contributed by atoms with Crippen molar-refractivity contribution in [2.75, 3.05) is 24.2 Å². The summed E-state index contributed by atoms with van der Waals surface area (Å²) in [6.45, 7) is 2.02. The van der Waals surface area contributed by atoms with Gasteiger partial charge in [0.15, 0.2) is 0 Å². The highest BCUT2D eigenvalue weighted by Gasteiger charge is 2.29. The first-order valence-corrected chi connectivity index (χ1v) is 14.8. The Kier molecular flexibility index (Phi) is 10.2. The fraction of sp³-hybridized carbons (Fsp3) is 0.481. The molecule has 1 aliphatic carbocycles. The molecule has 0 radical (unpaired) electrons. The Bertz CT molecular complexity index is 1180. The minimum absolute atomic E-state index is 0.0709. The van der Waals surface area contributed by atoms with Crippen molar-refractivity contribution in [3.63, 3.8) is 0 Å². The monoisotopic (exact) mass is 549 g/mol. The SMILES string of the molecule is COc1cccc(N(CCCC(=O)N(Cc2ccccc2Cl)[C@@H](C)C(=O)NC2CCCC2)S(C)(=O)=O)c1. The summed E-state index contributed by atoms with van der Waals surface area (Å²) in [4.78, 5) is 28.0. The molecule has 0 aromatic heterocycles. The number of ether oxygens (including phenoxy) is 1. The summed E-state index contributed by atoms with van der Waals surface area (Å²) in [5.41, 5.74) is 1.21. The van der Waals surface area contributed by atoms with Crippen LogP contribution in [0.1, 0.15) is 51.0 Å². The van der Waals surface area contributed by atoms with E-state index in [0.717, 1.165) is 37.5 Å². The zero-order chi connectivity index (χ0) is 27.0. The molecule has 1 fully saturated rings. The zero-order valence-electron chi connectivity index (χ0n) is 21.7. The molecule has 0 heterocycles. The highest BCUT2D eigenvalue weighted by Crippen LogP contribution is 2.25. The van der Waals surface area contributed by atoms with Gasteiger partial charge in [-0.05, 0) is 49.9 Å². The smallest absolute Gasteiger partial charge is 0.242 e. The number of sulfonamides is 1. The van der Waals surface area contributed by atoms with Crippen molar-refractivity contribution >= 4 is 39.1 Å². The van der Waals surface area contributed by atoms with E-state index in [-0.39, 0.29) is 43.8 Å². The number of anilines is 1. The van der Waals surface area contributed by atoms with Gasteiger partial charge in [-0.3, -0.25) is 13.9 Å². The summed E-state index contributed by atoms with van der Waals surface area (Å²) in [7, 11) is -2.07. The van der Waals surface area contributed by atoms with Crippen molar-refractivity contribution in [1.82, 2.24) is 10.2 Å². The van der Waals surface area contributed by atoms with Crippen LogP contribution >= 0.6 is 11.6 Å². The van der Waals surface area contributed by atoms with E-state index in [0.29, 0.717) is 16.5 Å². The van der Waals surface area contributed by atoms with Gasteiger partial charge >= 0.3 is 0 Å². The van der Waals surface area contributed by atoms with Crippen molar-refractivity contribution in [2.24, 2.45) is 0 Å². The minimum atomic E-state index is -3.59. The van der Waals surface area contributed by atoms with Crippen molar-refractivity contribution < 1.29 is 22.7 Å². The third-order valence-corrected chi connectivity index (χ3v) is 8.22. The van der Waals surface area contributed by atoms with Crippen molar-refractivity contribution in [1.29, 1.82) is 0 Å². The summed E-state index contributed by atoms with van der Waals surface area (Å²) in [5, 5.41) is 3.59. The highest BCUT2D eigenvalue weighted by atomic mass is 35.5. The van der Waals surface area contributed by atoms with Gasteiger partial charge in [-0.15, -0.1) is 0 Å². The lowest BCUT2D eigenvalue weighted by molar-refractivity contribution is -0.140. The zero-order valence-corrected chi connectivity index (χ0v) is 23.2. The van der Waals surface area contributed by atoms with Gasteiger partial charge in [-0.2, -0.15) is 0 Å². The van der Waals surface area contributed by atoms with Crippen LogP contribution in [0.4, 0.5) is 5.69 Å². The van der Waals surface area contributed by atoms with E-state index in [9.17, 15) is 18.0 Å². The molecule has 1 saturated carbocycles. The standard InChI is InChI=1S/C27H36ClN3O5S/c1-20(27(33)29-22-11-5-6-12-22)30(19-21-10-4-7-15-25(21)28)26(32)16-9-17-31(37(3,34)35)23-13-8-14-24(18-23)36-2/h4,7-8,10,13-15,18,20,22H,5-6,9,11-12,16-17,19H2,1-3H3,(H,29,33)/t20-/m0/s1. The second-order valence-electron chi connectivity index (χ2n) is 9.42. The molecule has 0 saturated heterocycles. The van der Waals surface area contributed by atoms with Gasteiger partial charge in [0.05, 0.1) is 19.1 Å². The lowest BCUT2D eigenvalue weighted by Gasteiger charge is -2.30. The number of hydrogen-bond donors (Lipinski definition) is 1. The minimum Gasteiger partial charge on any atom is -0.497 e. The van der Waals surface area contributed by atoms with E-state index in [1.165, 1.54) is 16.3 Å². The third kappa shape index (κ3) is 8.10. The number of nitrogens with one attached hydrogen (secondary N) is 1. The maximum absolute atomic E-state index is 13.4. The molecule has 2 aromatic carbocycles. The van der Waals surface area contributed by atoms with Crippen LogP contribution in [0.3, 0.4) is 0 Å². The average Bonchev–Trinajstić information content (AvgIpc) is 3.38. The summed E-state index contributed by atoms with van der Waals surface area (Å²) in [6, 6.07) is 13.4. The van der Waals surface area contributed by atoms with Gasteiger partial charge in [0.25, 0.3) is 0 Å². The lowest BCUT2D eigenvalue weighted by atomic mass is 10.1. The average molecular weight is 550 g/mol. The second-order valence-corrected chi connectivity index (χ2v) is 11.7. The van der Waals surface area contributed by atoms with Gasteiger partial charge in [0, 0.05) is 36.6 Å². The van der Waals surface area contributed by atoms with Crippen LogP contribution in [0.25, 0.3) is 0 Å². The normalized spacial score (nSPS) is 14.7. The largest absolute Gasteiger partial charge is 0.497 e. The first-order valence-electron chi connectivity index (χ1n) is 12.5. The first kappa shape index (κ1) is 28.8. The molecule has 202 valence electrons. The van der Waals surface area contributed by atoms with E-state index in [1.54, 1.807) is 37.3 Å². The molecular formula is C27H36ClN3O5S. The molecule has 0 aliphatic heterocycles. The highest BCUT2D eigenvalue weighted by molar-refractivity contribution is 7.92. The quantitative estimate of drug-likeness (QED) is 0.424. The number of carbonyl (C=O) groups is 2. The number of rotatable bonds is 12. The number of amides is 2. The molecule has 8 nitrogen and oxygen atoms in total. The molecule has 1 aliphatic rings. The van der Waals surface area contributed by atoms with Gasteiger partial charge in [0.1, 0.15) is 11.8 Å². The third-order valence-electron chi connectivity index (χ3n) is 6.66. The van der Waals surface area contributed by atoms with Crippen LogP contribution in [0.5, 0.6) is 5.75 Å². The Balaban J connectivity index is 1.73. The molecule has 0 unspecified atom stereocenters. The van der Waals surface area contributed by atoms with Crippen molar-refractivity contribution in [2.45, 2.75) is 64.1 Å². The fourth-order valence-corrected chi connectivity index (χ4v) is 5.71. The van der Waals surface area contributed by atoms with E-state index >= 15 is 0 Å². The van der Waals surface area contributed by atoms with Crippen molar-refractivity contribution in [3.05, 3.63) is 59.1 Å². The molecule has 0 bridgehead atoms. The number of hydrogen-bond acceptors (Lipinski definition) is 5. The number of benzene rings is 2. The number of carbonyl (C=O) groups excluding carboxylic acids is 2. The summed E-state index contributed by atoms with van der Waals surface area (Å²) in [6.07, 6.45) is 5.55. The molecule has 0 spiro atoms. The number of methoxy groups -OCH3 is 1. The maximum atomic E-state index is 13.4. The molecule has 2 amide bonds. The van der Waals surface area contributed by atoms with Crippen molar-refractivity contribution in [3.8, 4) is 5.75 Å². The van der Waals surface area contributed by atoms with Crippen LogP contribution in [-0.2, 0) is 26.2 Å². The summed E-state index contributed by atoms with van der Waals surface area (Å²) >= 11 is 6.36. The Hall–Kier alpha value is -2.78. The maximum Gasteiger partial charge on any atom is 0.242 e. The number of halogens is 1. The van der Waals surface area contributed by atoms with E-state index in [4.69, 9.17) is 16.3 Å². The van der Waals surface area contributed by atoms with Gasteiger partial charge in [-0.1, -0.05) is 48.7 Å². The molecule has 3 rings (SSSR count). The van der Waals surface area contributed by atoms with Crippen LogP contribution in [0.2, 0.25) is 5.02 Å². The predicted molar refractivity (Wildman–Crippen MR) is 146 cm³/mol. The van der Waals surface area contributed by atoms with E-state index < -0.39 is 16.1 Å². The number of nitrogens with zero attached hydrogens (tertiary/aromatic N) is 2. The first-order chi connectivity index (χ1) is 17.6. The summed E-state index contributed by atoms with van der Waals surface area (Å²) in [5.74, 6) is 0.102. The molecule has 1 N–H and O–H groups in total. The van der Waals surface area contributed by atoms with Gasteiger partial charge in [0.2, 0.25) is 21.8 Å². The van der Waals surface area contributed by atoms with Crippen LogP contribution < -0.4 is 14.4 Å². The van der Waals surface area contributed by atoms with Crippen LogP contribution in [0.15, 0.2) is 48.5 Å². The second kappa shape index (κ2) is 13.1. The molecular weight excluding hydrogens is 514 g/mol. The predicted octanol–water partition coefficient (Wildman–Crippen LogP) is 4.37. The molecule has 2 aromatic rings. The van der Waals surface area contributed by atoms with Gasteiger partial charge in [-0.25, -0.2) is 8.42 Å². The van der Waals surface area contributed by atoms with Crippen LogP contribution in [-0.4, -0.2) is 57.1 Å². The van der Waals surface area contributed by atoms with E-state index in [1.807, 2.05) is 18.2 Å². The Morgan fingerprint density at radius 2 is 1.84 bits per heavy atom. The molecule has 37 heavy (non-hydrogen) atoms. The van der Waals surface area contributed by atoms with Gasteiger partial charge < -0.3 is 15.0 Å². The van der Waals surface area contributed by atoms with E-state index in [2.05, 4.69) is 5.32 Å². The Labute approximate surface area is 225 Å². The topological polar surface area (TPSA) is 96.0 Å². The lowest BCUT2D eigenvalue weighted by Crippen LogP contribution is -2.49. The fourth-order valence-electron chi connectivity index (χ4n) is 4.55. The van der Waals surface area contributed by atoms with Crippen LogP contribution in [0, 0.1) is 0 Å². The summed E-state index contributed by atoms with van der Waals surface area (Å²) < 4.78 is 31.5.